The zero-order chi connectivity index (χ0) is 13.9. The molecule has 1 saturated heterocycles. The minimum atomic E-state index is -0.237. The Balaban J connectivity index is 1.79. The van der Waals surface area contributed by atoms with Crippen molar-refractivity contribution < 1.29 is 13.9 Å². The molecular weight excluding hydrogens is 258 g/mol. The highest BCUT2D eigenvalue weighted by Gasteiger charge is 2.23. The molecule has 2 aromatic rings. The Hall–Kier alpha value is -2.21. The summed E-state index contributed by atoms with van der Waals surface area (Å²) in [6.07, 6.45) is 0. The molecule has 0 spiro atoms. The number of carbonyl (C=O) groups is 1. The van der Waals surface area contributed by atoms with Crippen molar-refractivity contribution in [2.75, 3.05) is 26.3 Å². The normalized spacial score (nSPS) is 15.3. The third-order valence-corrected chi connectivity index (χ3v) is 3.20. The van der Waals surface area contributed by atoms with Crippen molar-refractivity contribution in [3.05, 3.63) is 35.7 Å². The van der Waals surface area contributed by atoms with Crippen molar-refractivity contribution in [1.29, 1.82) is 0 Å². The van der Waals surface area contributed by atoms with Gasteiger partial charge in [0.15, 0.2) is 0 Å². The number of nitrogens with zero attached hydrogens (tertiary/aromatic N) is 3. The second kappa shape index (κ2) is 5.42. The molecule has 1 amide bonds. The summed E-state index contributed by atoms with van der Waals surface area (Å²) in [5.41, 5.74) is 1.96. The van der Waals surface area contributed by atoms with Crippen LogP contribution in [0, 0.1) is 6.92 Å². The van der Waals surface area contributed by atoms with Gasteiger partial charge in [-0.1, -0.05) is 17.7 Å². The van der Waals surface area contributed by atoms with Gasteiger partial charge in [-0.25, -0.2) is 0 Å². The number of hydrogen-bond acceptors (Lipinski definition) is 5. The molecule has 1 fully saturated rings. The summed E-state index contributed by atoms with van der Waals surface area (Å²) in [6.45, 7) is 4.21. The lowest BCUT2D eigenvalue weighted by Gasteiger charge is -2.25. The number of carbonyl (C=O) groups excluding carboxylic acids is 1. The van der Waals surface area contributed by atoms with Crippen LogP contribution in [-0.4, -0.2) is 47.3 Å². The third-order valence-electron chi connectivity index (χ3n) is 3.20. The molecule has 6 nitrogen and oxygen atoms in total. The average molecular weight is 273 g/mol. The number of aromatic nitrogens is 2. The van der Waals surface area contributed by atoms with Crippen molar-refractivity contribution >= 4 is 5.91 Å². The van der Waals surface area contributed by atoms with Crippen LogP contribution in [0.25, 0.3) is 11.5 Å². The van der Waals surface area contributed by atoms with E-state index in [1.54, 1.807) is 4.90 Å². The van der Waals surface area contributed by atoms with Gasteiger partial charge in [0, 0.05) is 18.7 Å². The van der Waals surface area contributed by atoms with Crippen molar-refractivity contribution in [3.63, 3.8) is 0 Å². The Kier molecular flexibility index (Phi) is 3.47. The van der Waals surface area contributed by atoms with Crippen LogP contribution in [-0.2, 0) is 4.74 Å². The highest BCUT2D eigenvalue weighted by atomic mass is 16.5. The molecule has 1 aliphatic rings. The SMILES string of the molecule is Cc1ccc(-c2nnc(C(=O)N3CCOCC3)o2)cc1. The molecule has 0 aliphatic carbocycles. The van der Waals surface area contributed by atoms with Gasteiger partial charge in [-0.05, 0) is 19.1 Å². The number of benzene rings is 1. The van der Waals surface area contributed by atoms with Crippen LogP contribution in [0.2, 0.25) is 0 Å². The maximum absolute atomic E-state index is 12.2. The highest BCUT2D eigenvalue weighted by molar-refractivity contribution is 5.89. The fraction of sp³-hybridized carbons (Fsp3) is 0.357. The standard InChI is InChI=1S/C14H15N3O3/c1-10-2-4-11(5-3-10)12-15-16-13(20-12)14(18)17-6-8-19-9-7-17/h2-5H,6-9H2,1H3. The van der Waals surface area contributed by atoms with E-state index in [2.05, 4.69) is 10.2 Å². The number of hydrogen-bond donors (Lipinski definition) is 0. The van der Waals surface area contributed by atoms with Gasteiger partial charge >= 0.3 is 11.8 Å². The van der Waals surface area contributed by atoms with Crippen LogP contribution >= 0.6 is 0 Å². The van der Waals surface area contributed by atoms with Gasteiger partial charge in [0.25, 0.3) is 0 Å². The smallest absolute Gasteiger partial charge is 0.311 e. The first kappa shape index (κ1) is 12.8. The monoisotopic (exact) mass is 273 g/mol. The Bertz CT molecular complexity index is 600. The Morgan fingerprint density at radius 1 is 1.15 bits per heavy atom. The quantitative estimate of drug-likeness (QED) is 0.829. The van der Waals surface area contributed by atoms with Gasteiger partial charge in [-0.3, -0.25) is 4.79 Å². The molecule has 0 saturated carbocycles. The summed E-state index contributed by atoms with van der Waals surface area (Å²) in [7, 11) is 0. The van der Waals surface area contributed by atoms with E-state index in [1.165, 1.54) is 0 Å². The summed E-state index contributed by atoms with van der Waals surface area (Å²) in [5.74, 6) is 0.156. The minimum absolute atomic E-state index is 0.0301. The molecule has 20 heavy (non-hydrogen) atoms. The zero-order valence-electron chi connectivity index (χ0n) is 11.2. The van der Waals surface area contributed by atoms with Crippen molar-refractivity contribution in [2.45, 2.75) is 6.92 Å². The number of morpholine rings is 1. The number of ether oxygens (including phenoxy) is 1. The second-order valence-electron chi connectivity index (χ2n) is 4.68. The lowest BCUT2D eigenvalue weighted by molar-refractivity contribution is 0.0278. The zero-order valence-corrected chi connectivity index (χ0v) is 11.2. The molecule has 2 heterocycles. The Labute approximate surface area is 116 Å². The van der Waals surface area contributed by atoms with E-state index in [0.717, 1.165) is 11.1 Å². The fourth-order valence-corrected chi connectivity index (χ4v) is 2.02. The molecule has 0 atom stereocenters. The molecule has 0 bridgehead atoms. The second-order valence-corrected chi connectivity index (χ2v) is 4.68. The topological polar surface area (TPSA) is 68.5 Å². The Morgan fingerprint density at radius 2 is 1.85 bits per heavy atom. The summed E-state index contributed by atoms with van der Waals surface area (Å²) < 4.78 is 10.7. The molecule has 6 heteroatoms. The first-order chi connectivity index (χ1) is 9.74. The molecule has 1 aliphatic heterocycles. The van der Waals surface area contributed by atoms with E-state index in [9.17, 15) is 4.79 Å². The summed E-state index contributed by atoms with van der Waals surface area (Å²) in [6, 6.07) is 7.71. The summed E-state index contributed by atoms with van der Waals surface area (Å²) >= 11 is 0. The van der Waals surface area contributed by atoms with Gasteiger partial charge in [-0.15, -0.1) is 10.2 Å². The van der Waals surface area contributed by atoms with E-state index in [1.807, 2.05) is 31.2 Å². The lowest BCUT2D eigenvalue weighted by Crippen LogP contribution is -2.40. The van der Waals surface area contributed by atoms with Gasteiger partial charge < -0.3 is 14.1 Å². The van der Waals surface area contributed by atoms with E-state index >= 15 is 0 Å². The van der Waals surface area contributed by atoms with Crippen molar-refractivity contribution in [3.8, 4) is 11.5 Å². The molecule has 0 N–H and O–H groups in total. The summed E-state index contributed by atoms with van der Waals surface area (Å²) in [5, 5.41) is 7.78. The van der Waals surface area contributed by atoms with Gasteiger partial charge in [0.2, 0.25) is 5.89 Å². The lowest BCUT2D eigenvalue weighted by atomic mass is 10.1. The van der Waals surface area contributed by atoms with Crippen LogP contribution in [0.15, 0.2) is 28.7 Å². The van der Waals surface area contributed by atoms with Crippen molar-refractivity contribution in [1.82, 2.24) is 15.1 Å². The predicted molar refractivity (Wildman–Crippen MR) is 71.2 cm³/mol. The van der Waals surface area contributed by atoms with Gasteiger partial charge in [-0.2, -0.15) is 0 Å². The molecule has 1 aromatic carbocycles. The minimum Gasteiger partial charge on any atom is -0.412 e. The highest BCUT2D eigenvalue weighted by Crippen LogP contribution is 2.19. The number of rotatable bonds is 2. The van der Waals surface area contributed by atoms with E-state index < -0.39 is 0 Å². The average Bonchev–Trinajstić information content (AvgIpc) is 2.98. The molecule has 0 radical (unpaired) electrons. The first-order valence-corrected chi connectivity index (χ1v) is 6.51. The van der Waals surface area contributed by atoms with Crippen molar-refractivity contribution in [2.24, 2.45) is 0 Å². The molecule has 1 aromatic heterocycles. The van der Waals surface area contributed by atoms with E-state index in [0.29, 0.717) is 32.2 Å². The van der Waals surface area contributed by atoms with E-state index in [4.69, 9.17) is 9.15 Å². The third kappa shape index (κ3) is 2.55. The first-order valence-electron chi connectivity index (χ1n) is 6.51. The van der Waals surface area contributed by atoms with Crippen LogP contribution < -0.4 is 0 Å². The number of aryl methyl sites for hydroxylation is 1. The maximum atomic E-state index is 12.2. The molecular formula is C14H15N3O3. The molecule has 3 rings (SSSR count). The summed E-state index contributed by atoms with van der Waals surface area (Å²) in [4.78, 5) is 13.8. The molecule has 104 valence electrons. The van der Waals surface area contributed by atoms with Crippen LogP contribution in [0.1, 0.15) is 16.2 Å². The molecule has 0 unspecified atom stereocenters. The maximum Gasteiger partial charge on any atom is 0.311 e. The fourth-order valence-electron chi connectivity index (χ4n) is 2.02. The van der Waals surface area contributed by atoms with E-state index in [-0.39, 0.29) is 11.8 Å². The van der Waals surface area contributed by atoms with Crippen LogP contribution in [0.3, 0.4) is 0 Å². The van der Waals surface area contributed by atoms with Crippen LogP contribution in [0.4, 0.5) is 0 Å². The van der Waals surface area contributed by atoms with Gasteiger partial charge in [0.05, 0.1) is 13.2 Å². The van der Waals surface area contributed by atoms with Gasteiger partial charge in [0.1, 0.15) is 0 Å². The number of amides is 1. The van der Waals surface area contributed by atoms with Crippen LogP contribution in [0.5, 0.6) is 0 Å². The predicted octanol–water partition coefficient (Wildman–Crippen LogP) is 1.52. The Morgan fingerprint density at radius 3 is 2.55 bits per heavy atom. The largest absolute Gasteiger partial charge is 0.412 e.